The number of benzene rings is 3. The molecule has 6 nitrogen and oxygen atoms in total. The van der Waals surface area contributed by atoms with E-state index in [4.69, 9.17) is 27.9 Å². The number of nitrogens with zero attached hydrogens (tertiary/aromatic N) is 1. The second kappa shape index (κ2) is 12.7. The van der Waals surface area contributed by atoms with Crippen LogP contribution < -0.4 is 14.4 Å². The standard InChI is InChI=1S/C26H28Cl2N2O4S2/c1-18-4-8-21(9-5-18)36(32,33)30(24-14-19(2)6-11-25(24)34-3)16-26(31)29-12-13-35-17-20-7-10-22(27)23(28)15-20/h4-11,14-15H,12-13,16-17H2,1-3H3,(H,29,31). The van der Waals surface area contributed by atoms with Crippen molar-refractivity contribution < 1.29 is 17.9 Å². The lowest BCUT2D eigenvalue weighted by molar-refractivity contribution is -0.119. The smallest absolute Gasteiger partial charge is 0.264 e. The molecular weight excluding hydrogens is 539 g/mol. The number of methoxy groups -OCH3 is 1. The quantitative estimate of drug-likeness (QED) is 0.294. The van der Waals surface area contributed by atoms with E-state index in [1.807, 2.05) is 32.0 Å². The summed E-state index contributed by atoms with van der Waals surface area (Å²) in [5.41, 5.74) is 3.11. The maximum Gasteiger partial charge on any atom is 0.264 e. The van der Waals surface area contributed by atoms with E-state index < -0.39 is 15.9 Å². The van der Waals surface area contributed by atoms with Crippen LogP contribution in [0.3, 0.4) is 0 Å². The van der Waals surface area contributed by atoms with Crippen LogP contribution in [-0.2, 0) is 20.6 Å². The Labute approximate surface area is 227 Å². The Morgan fingerprint density at radius 3 is 2.33 bits per heavy atom. The zero-order valence-electron chi connectivity index (χ0n) is 20.3. The van der Waals surface area contributed by atoms with Gasteiger partial charge < -0.3 is 10.1 Å². The number of carbonyl (C=O) groups is 1. The first kappa shape index (κ1) is 28.2. The Hall–Kier alpha value is -2.39. The zero-order valence-corrected chi connectivity index (χ0v) is 23.4. The minimum absolute atomic E-state index is 0.0987. The third-order valence-electron chi connectivity index (χ3n) is 5.32. The number of hydrogen-bond acceptors (Lipinski definition) is 5. The lowest BCUT2D eigenvalue weighted by Gasteiger charge is -2.26. The van der Waals surface area contributed by atoms with Crippen LogP contribution in [0.5, 0.6) is 5.75 Å². The maximum absolute atomic E-state index is 13.6. The van der Waals surface area contributed by atoms with Gasteiger partial charge in [-0.2, -0.15) is 11.8 Å². The molecule has 36 heavy (non-hydrogen) atoms. The molecule has 0 fully saturated rings. The fourth-order valence-electron chi connectivity index (χ4n) is 3.40. The molecule has 0 spiro atoms. The van der Waals surface area contributed by atoms with E-state index in [1.54, 1.807) is 42.1 Å². The van der Waals surface area contributed by atoms with Crippen LogP contribution in [0.2, 0.25) is 10.0 Å². The summed E-state index contributed by atoms with van der Waals surface area (Å²) >= 11 is 13.6. The molecule has 0 bridgehead atoms. The number of carbonyl (C=O) groups excluding carboxylic acids is 1. The SMILES string of the molecule is COc1ccc(C)cc1N(CC(=O)NCCSCc1ccc(Cl)c(Cl)c1)S(=O)(=O)c1ccc(C)cc1. The first-order valence-electron chi connectivity index (χ1n) is 11.1. The van der Waals surface area contributed by atoms with E-state index in [9.17, 15) is 13.2 Å². The summed E-state index contributed by atoms with van der Waals surface area (Å²) < 4.78 is 33.7. The minimum Gasteiger partial charge on any atom is -0.495 e. The summed E-state index contributed by atoms with van der Waals surface area (Å²) in [4.78, 5) is 13.0. The molecule has 0 aliphatic rings. The highest BCUT2D eigenvalue weighted by atomic mass is 35.5. The number of halogens is 2. The van der Waals surface area contributed by atoms with Gasteiger partial charge in [-0.1, -0.05) is 53.0 Å². The second-order valence-electron chi connectivity index (χ2n) is 8.15. The predicted octanol–water partition coefficient (Wildman–Crippen LogP) is 5.86. The largest absolute Gasteiger partial charge is 0.495 e. The second-order valence-corrected chi connectivity index (χ2v) is 11.9. The molecule has 0 aromatic heterocycles. The summed E-state index contributed by atoms with van der Waals surface area (Å²) in [6, 6.07) is 17.2. The monoisotopic (exact) mass is 566 g/mol. The normalized spacial score (nSPS) is 11.2. The number of rotatable bonds is 11. The van der Waals surface area contributed by atoms with Gasteiger partial charge >= 0.3 is 0 Å². The van der Waals surface area contributed by atoms with Gasteiger partial charge in [0.25, 0.3) is 10.0 Å². The summed E-state index contributed by atoms with van der Waals surface area (Å²) in [6.45, 7) is 3.73. The number of amides is 1. The van der Waals surface area contributed by atoms with Crippen molar-refractivity contribution in [3.8, 4) is 5.75 Å². The van der Waals surface area contributed by atoms with Crippen molar-refractivity contribution in [3.63, 3.8) is 0 Å². The summed E-state index contributed by atoms with van der Waals surface area (Å²) in [6.07, 6.45) is 0. The van der Waals surface area contributed by atoms with Gasteiger partial charge in [0.05, 0.1) is 27.7 Å². The molecule has 0 radical (unpaired) electrons. The number of ether oxygens (including phenoxy) is 1. The predicted molar refractivity (Wildman–Crippen MR) is 149 cm³/mol. The van der Waals surface area contributed by atoms with Crippen LogP contribution in [0.15, 0.2) is 65.6 Å². The topological polar surface area (TPSA) is 75.7 Å². The zero-order chi connectivity index (χ0) is 26.3. The molecule has 0 unspecified atom stereocenters. The van der Waals surface area contributed by atoms with Crippen LogP contribution in [0, 0.1) is 13.8 Å². The van der Waals surface area contributed by atoms with Gasteiger partial charge in [0.1, 0.15) is 12.3 Å². The molecule has 1 amide bonds. The van der Waals surface area contributed by atoms with E-state index in [0.717, 1.165) is 21.0 Å². The molecule has 0 aliphatic heterocycles. The molecule has 0 saturated carbocycles. The van der Waals surface area contributed by atoms with Crippen molar-refractivity contribution in [2.45, 2.75) is 24.5 Å². The van der Waals surface area contributed by atoms with E-state index in [0.29, 0.717) is 39.5 Å². The Kier molecular flexibility index (Phi) is 9.96. The molecule has 0 aliphatic carbocycles. The minimum atomic E-state index is -4.03. The van der Waals surface area contributed by atoms with Crippen LogP contribution >= 0.6 is 35.0 Å². The van der Waals surface area contributed by atoms with Gasteiger partial charge in [0, 0.05) is 18.1 Å². The molecular formula is C26H28Cl2N2O4S2. The molecule has 3 aromatic rings. The third-order valence-corrected chi connectivity index (χ3v) is 8.86. The first-order valence-corrected chi connectivity index (χ1v) is 14.5. The lowest BCUT2D eigenvalue weighted by atomic mass is 10.2. The summed E-state index contributed by atoms with van der Waals surface area (Å²) in [5.74, 6) is 1.30. The van der Waals surface area contributed by atoms with Gasteiger partial charge in [-0.15, -0.1) is 0 Å². The van der Waals surface area contributed by atoms with E-state index in [1.165, 1.54) is 19.2 Å². The average molecular weight is 568 g/mol. The molecule has 192 valence electrons. The number of aryl methyl sites for hydroxylation is 2. The fraction of sp³-hybridized carbons (Fsp3) is 0.269. The van der Waals surface area contributed by atoms with Gasteiger partial charge in [-0.25, -0.2) is 8.42 Å². The highest BCUT2D eigenvalue weighted by molar-refractivity contribution is 7.98. The van der Waals surface area contributed by atoms with Crippen molar-refractivity contribution in [2.24, 2.45) is 0 Å². The number of hydrogen-bond donors (Lipinski definition) is 1. The van der Waals surface area contributed by atoms with E-state index in [-0.39, 0.29) is 11.4 Å². The molecule has 3 aromatic carbocycles. The lowest BCUT2D eigenvalue weighted by Crippen LogP contribution is -2.41. The Morgan fingerprint density at radius 2 is 1.67 bits per heavy atom. The van der Waals surface area contributed by atoms with E-state index >= 15 is 0 Å². The van der Waals surface area contributed by atoms with Gasteiger partial charge in [-0.05, 0) is 61.4 Å². The molecule has 3 rings (SSSR count). The molecule has 0 atom stereocenters. The Balaban J connectivity index is 1.71. The highest BCUT2D eigenvalue weighted by Crippen LogP contribution is 2.33. The average Bonchev–Trinajstić information content (AvgIpc) is 2.84. The van der Waals surface area contributed by atoms with Crippen LogP contribution in [0.4, 0.5) is 5.69 Å². The van der Waals surface area contributed by atoms with Gasteiger partial charge in [0.2, 0.25) is 5.91 Å². The summed E-state index contributed by atoms with van der Waals surface area (Å²) in [7, 11) is -2.56. The fourth-order valence-corrected chi connectivity index (χ4v) is 5.95. The number of sulfonamides is 1. The molecule has 10 heteroatoms. The van der Waals surface area contributed by atoms with Crippen molar-refractivity contribution >= 4 is 56.6 Å². The third kappa shape index (κ3) is 7.32. The van der Waals surface area contributed by atoms with Crippen LogP contribution in [0.25, 0.3) is 0 Å². The molecule has 0 saturated heterocycles. The number of anilines is 1. The first-order chi connectivity index (χ1) is 17.1. The summed E-state index contributed by atoms with van der Waals surface area (Å²) in [5, 5.41) is 3.83. The van der Waals surface area contributed by atoms with Crippen molar-refractivity contribution in [1.82, 2.24) is 5.32 Å². The van der Waals surface area contributed by atoms with Crippen LogP contribution in [0.1, 0.15) is 16.7 Å². The van der Waals surface area contributed by atoms with Gasteiger partial charge in [0.15, 0.2) is 0 Å². The van der Waals surface area contributed by atoms with Crippen molar-refractivity contribution in [3.05, 3.63) is 87.4 Å². The van der Waals surface area contributed by atoms with Crippen LogP contribution in [-0.4, -0.2) is 40.3 Å². The van der Waals surface area contributed by atoms with E-state index in [2.05, 4.69) is 5.32 Å². The highest BCUT2D eigenvalue weighted by Gasteiger charge is 2.29. The van der Waals surface area contributed by atoms with Crippen molar-refractivity contribution in [2.75, 3.05) is 30.3 Å². The van der Waals surface area contributed by atoms with Gasteiger partial charge in [-0.3, -0.25) is 9.10 Å². The molecule has 0 heterocycles. The maximum atomic E-state index is 13.6. The number of nitrogens with one attached hydrogen (secondary N) is 1. The Morgan fingerprint density at radius 1 is 0.972 bits per heavy atom. The molecule has 1 N–H and O–H groups in total. The van der Waals surface area contributed by atoms with Crippen molar-refractivity contribution in [1.29, 1.82) is 0 Å². The number of thioether (sulfide) groups is 1. The Bertz CT molecular complexity index is 1320.